The minimum absolute atomic E-state index is 0.307. The zero-order valence-electron chi connectivity index (χ0n) is 10.7. The van der Waals surface area contributed by atoms with Crippen LogP contribution in [0.4, 0.5) is 5.82 Å². The van der Waals surface area contributed by atoms with Crippen LogP contribution >= 0.6 is 22.9 Å². The van der Waals surface area contributed by atoms with E-state index in [1.807, 2.05) is 13.0 Å². The van der Waals surface area contributed by atoms with Crippen LogP contribution in [0.3, 0.4) is 0 Å². The fourth-order valence-electron chi connectivity index (χ4n) is 1.76. The van der Waals surface area contributed by atoms with Crippen molar-refractivity contribution in [2.24, 2.45) is 0 Å². The van der Waals surface area contributed by atoms with Gasteiger partial charge in [-0.3, -0.25) is 0 Å². The number of aryl methyl sites for hydroxylation is 1. The first kappa shape index (κ1) is 13.3. The van der Waals surface area contributed by atoms with E-state index < -0.39 is 0 Å². The van der Waals surface area contributed by atoms with Gasteiger partial charge >= 0.3 is 0 Å². The van der Waals surface area contributed by atoms with Gasteiger partial charge in [0.25, 0.3) is 0 Å². The van der Waals surface area contributed by atoms with Crippen molar-refractivity contribution in [1.82, 2.24) is 9.97 Å². The van der Waals surface area contributed by atoms with E-state index >= 15 is 0 Å². The van der Waals surface area contributed by atoms with Crippen LogP contribution in [-0.2, 0) is 6.54 Å². The second-order valence-electron chi connectivity index (χ2n) is 4.44. The maximum absolute atomic E-state index is 5.93. The Bertz CT molecular complexity index is 491. The zero-order valence-corrected chi connectivity index (χ0v) is 12.3. The molecule has 0 fully saturated rings. The van der Waals surface area contributed by atoms with Crippen molar-refractivity contribution in [3.8, 4) is 0 Å². The van der Waals surface area contributed by atoms with Gasteiger partial charge in [-0.05, 0) is 43.8 Å². The monoisotopic (exact) mass is 281 g/mol. The van der Waals surface area contributed by atoms with Crippen molar-refractivity contribution < 1.29 is 0 Å². The lowest BCUT2D eigenvalue weighted by Gasteiger charge is -2.27. The standard InChI is InChI=1S/C13H16ClN3S/c1-9(2)17(8-11-5-4-6-18-11)12-7-10(3)15-13(14)16-12/h4-7,9H,8H2,1-3H3. The molecule has 2 aromatic rings. The highest BCUT2D eigenvalue weighted by Crippen LogP contribution is 2.21. The molecule has 96 valence electrons. The average Bonchev–Trinajstić information content (AvgIpc) is 2.76. The molecule has 0 spiro atoms. The second-order valence-corrected chi connectivity index (χ2v) is 5.81. The van der Waals surface area contributed by atoms with Crippen LogP contribution in [0.5, 0.6) is 0 Å². The van der Waals surface area contributed by atoms with Gasteiger partial charge in [0.2, 0.25) is 5.28 Å². The van der Waals surface area contributed by atoms with E-state index in [1.165, 1.54) is 4.88 Å². The summed E-state index contributed by atoms with van der Waals surface area (Å²) < 4.78 is 0. The van der Waals surface area contributed by atoms with E-state index in [4.69, 9.17) is 11.6 Å². The van der Waals surface area contributed by atoms with E-state index in [-0.39, 0.29) is 0 Å². The highest BCUT2D eigenvalue weighted by Gasteiger charge is 2.14. The van der Waals surface area contributed by atoms with E-state index in [2.05, 4.69) is 46.2 Å². The molecule has 0 aliphatic carbocycles. The fraction of sp³-hybridized carbons (Fsp3) is 0.385. The normalized spacial score (nSPS) is 10.9. The topological polar surface area (TPSA) is 29.0 Å². The smallest absolute Gasteiger partial charge is 0.224 e. The first-order valence-electron chi connectivity index (χ1n) is 5.86. The van der Waals surface area contributed by atoms with Crippen molar-refractivity contribution in [3.63, 3.8) is 0 Å². The summed E-state index contributed by atoms with van der Waals surface area (Å²) in [5.41, 5.74) is 0.891. The highest BCUT2D eigenvalue weighted by molar-refractivity contribution is 7.09. The molecule has 0 unspecified atom stereocenters. The molecule has 5 heteroatoms. The van der Waals surface area contributed by atoms with Gasteiger partial charge in [0.1, 0.15) is 5.82 Å². The number of aromatic nitrogens is 2. The van der Waals surface area contributed by atoms with Gasteiger partial charge in [0.15, 0.2) is 0 Å². The predicted molar refractivity (Wildman–Crippen MR) is 77.4 cm³/mol. The fourth-order valence-corrected chi connectivity index (χ4v) is 2.68. The first-order valence-corrected chi connectivity index (χ1v) is 7.12. The van der Waals surface area contributed by atoms with Crippen LogP contribution in [0.2, 0.25) is 5.28 Å². The van der Waals surface area contributed by atoms with Crippen molar-refractivity contribution in [2.75, 3.05) is 4.90 Å². The molecule has 0 radical (unpaired) electrons. The molecule has 0 saturated carbocycles. The molecule has 0 aliphatic heterocycles. The van der Waals surface area contributed by atoms with Crippen molar-refractivity contribution in [3.05, 3.63) is 39.4 Å². The van der Waals surface area contributed by atoms with Crippen LogP contribution in [0.25, 0.3) is 0 Å². The summed E-state index contributed by atoms with van der Waals surface area (Å²) in [6, 6.07) is 6.53. The summed E-state index contributed by atoms with van der Waals surface area (Å²) in [4.78, 5) is 12.0. The summed E-state index contributed by atoms with van der Waals surface area (Å²) in [7, 11) is 0. The van der Waals surface area contributed by atoms with Crippen LogP contribution in [-0.4, -0.2) is 16.0 Å². The molecular weight excluding hydrogens is 266 g/mol. The summed E-state index contributed by atoms with van der Waals surface area (Å²) in [6.45, 7) is 7.08. The van der Waals surface area contributed by atoms with Gasteiger partial charge in [-0.2, -0.15) is 0 Å². The largest absolute Gasteiger partial charge is 0.349 e. The number of anilines is 1. The quantitative estimate of drug-likeness (QED) is 0.796. The molecule has 0 amide bonds. The molecule has 0 aromatic carbocycles. The van der Waals surface area contributed by atoms with Gasteiger partial charge in [-0.25, -0.2) is 9.97 Å². The SMILES string of the molecule is Cc1cc(N(Cc2cccs2)C(C)C)nc(Cl)n1. The number of halogens is 1. The van der Waals surface area contributed by atoms with Gasteiger partial charge in [-0.1, -0.05) is 6.07 Å². The van der Waals surface area contributed by atoms with Crippen LogP contribution in [0.15, 0.2) is 23.6 Å². The molecule has 0 atom stereocenters. The minimum atomic E-state index is 0.307. The molecule has 18 heavy (non-hydrogen) atoms. The summed E-state index contributed by atoms with van der Waals surface area (Å²) in [5.74, 6) is 0.885. The minimum Gasteiger partial charge on any atom is -0.349 e. The van der Waals surface area contributed by atoms with E-state index in [0.717, 1.165) is 18.1 Å². The molecule has 2 rings (SSSR count). The summed E-state index contributed by atoms with van der Waals surface area (Å²) >= 11 is 7.69. The predicted octanol–water partition coefficient (Wildman–Crippen LogP) is 3.91. The third kappa shape index (κ3) is 3.21. The lowest BCUT2D eigenvalue weighted by atomic mass is 10.3. The number of hydrogen-bond acceptors (Lipinski definition) is 4. The third-order valence-electron chi connectivity index (χ3n) is 2.64. The molecule has 3 nitrogen and oxygen atoms in total. The third-order valence-corrected chi connectivity index (χ3v) is 3.67. The number of thiophene rings is 1. The zero-order chi connectivity index (χ0) is 13.1. The molecule has 0 aliphatic rings. The molecule has 2 aromatic heterocycles. The van der Waals surface area contributed by atoms with Gasteiger partial charge in [-0.15, -0.1) is 11.3 Å². The van der Waals surface area contributed by atoms with Crippen molar-refractivity contribution >= 4 is 28.8 Å². The molecule has 2 heterocycles. The Labute approximate surface area is 116 Å². The van der Waals surface area contributed by atoms with Crippen molar-refractivity contribution in [1.29, 1.82) is 0 Å². The van der Waals surface area contributed by atoms with Crippen LogP contribution in [0, 0.1) is 6.92 Å². The Morgan fingerprint density at radius 1 is 1.39 bits per heavy atom. The summed E-state index contributed by atoms with van der Waals surface area (Å²) in [5, 5.41) is 2.40. The Morgan fingerprint density at radius 2 is 2.17 bits per heavy atom. The second kappa shape index (κ2) is 5.67. The van der Waals surface area contributed by atoms with E-state index in [1.54, 1.807) is 11.3 Å². The van der Waals surface area contributed by atoms with Gasteiger partial charge in [0.05, 0.1) is 6.54 Å². The van der Waals surface area contributed by atoms with Gasteiger partial charge < -0.3 is 4.90 Å². The lowest BCUT2D eigenvalue weighted by Crippen LogP contribution is -2.30. The Morgan fingerprint density at radius 3 is 2.72 bits per heavy atom. The first-order chi connectivity index (χ1) is 8.56. The van der Waals surface area contributed by atoms with Gasteiger partial charge in [0, 0.05) is 22.7 Å². The maximum Gasteiger partial charge on any atom is 0.224 e. The lowest BCUT2D eigenvalue weighted by molar-refractivity contribution is 0.675. The number of hydrogen-bond donors (Lipinski definition) is 0. The Kier molecular flexibility index (Phi) is 4.19. The molecular formula is C13H16ClN3S. The Balaban J connectivity index is 2.29. The number of nitrogens with zero attached hydrogens (tertiary/aromatic N) is 3. The molecule has 0 saturated heterocycles. The molecule has 0 bridgehead atoms. The maximum atomic E-state index is 5.93. The number of rotatable bonds is 4. The van der Waals surface area contributed by atoms with E-state index in [0.29, 0.717) is 11.3 Å². The van der Waals surface area contributed by atoms with Crippen LogP contribution in [0.1, 0.15) is 24.4 Å². The Hall–Kier alpha value is -1.13. The summed E-state index contributed by atoms with van der Waals surface area (Å²) in [6.07, 6.45) is 0. The molecule has 0 N–H and O–H groups in total. The van der Waals surface area contributed by atoms with Crippen LogP contribution < -0.4 is 4.90 Å². The highest BCUT2D eigenvalue weighted by atomic mass is 35.5. The van der Waals surface area contributed by atoms with E-state index in [9.17, 15) is 0 Å². The van der Waals surface area contributed by atoms with Crippen molar-refractivity contribution in [2.45, 2.75) is 33.4 Å². The average molecular weight is 282 g/mol.